The van der Waals surface area contributed by atoms with Gasteiger partial charge in [0.2, 0.25) is 0 Å². The van der Waals surface area contributed by atoms with Crippen LogP contribution in [0, 0.1) is 11.7 Å². The van der Waals surface area contributed by atoms with Gasteiger partial charge >= 0.3 is 0 Å². The molecule has 0 bridgehead atoms. The summed E-state index contributed by atoms with van der Waals surface area (Å²) in [6, 6.07) is 4.93. The van der Waals surface area contributed by atoms with Crippen LogP contribution in [0.5, 0.6) is 5.75 Å². The van der Waals surface area contributed by atoms with Gasteiger partial charge in [0.15, 0.2) is 11.6 Å². The molecule has 14 heavy (non-hydrogen) atoms. The maximum atomic E-state index is 13.3. The van der Waals surface area contributed by atoms with Crippen LogP contribution >= 0.6 is 0 Å². The minimum atomic E-state index is -0.291. The Morgan fingerprint density at radius 3 is 3.00 bits per heavy atom. The van der Waals surface area contributed by atoms with Gasteiger partial charge < -0.3 is 10.1 Å². The van der Waals surface area contributed by atoms with E-state index < -0.39 is 0 Å². The van der Waals surface area contributed by atoms with Crippen molar-refractivity contribution in [3.05, 3.63) is 24.0 Å². The molecule has 3 heteroatoms. The number of fused-ring (bicyclic) bond motifs is 1. The zero-order chi connectivity index (χ0) is 10.1. The molecule has 0 amide bonds. The Kier molecular flexibility index (Phi) is 2.32. The normalized spacial score (nSPS) is 19.9. The summed E-state index contributed by atoms with van der Waals surface area (Å²) in [6.07, 6.45) is 0.0550. The monoisotopic (exact) mass is 195 g/mol. The first-order valence-corrected chi connectivity index (χ1v) is 4.87. The van der Waals surface area contributed by atoms with Crippen LogP contribution in [0.15, 0.2) is 18.2 Å². The zero-order valence-corrected chi connectivity index (χ0v) is 8.38. The molecule has 1 heterocycles. The molecule has 1 unspecified atom stereocenters. The molecular weight excluding hydrogens is 181 g/mol. The zero-order valence-electron chi connectivity index (χ0n) is 8.38. The minimum absolute atomic E-state index is 0.0550. The van der Waals surface area contributed by atoms with E-state index in [4.69, 9.17) is 4.74 Å². The highest BCUT2D eigenvalue weighted by molar-refractivity contribution is 5.58. The van der Waals surface area contributed by atoms with E-state index in [1.807, 2.05) is 6.07 Å². The Balaban J connectivity index is 2.29. The third-order valence-corrected chi connectivity index (χ3v) is 2.47. The molecule has 1 atom stereocenters. The molecule has 76 valence electrons. The number of benzene rings is 1. The lowest BCUT2D eigenvalue weighted by atomic mass is 10.1. The van der Waals surface area contributed by atoms with Crippen molar-refractivity contribution in [2.75, 3.05) is 11.9 Å². The Morgan fingerprint density at radius 1 is 1.50 bits per heavy atom. The molecule has 0 fully saturated rings. The fourth-order valence-corrected chi connectivity index (χ4v) is 1.54. The first-order valence-electron chi connectivity index (χ1n) is 4.87. The molecule has 1 N–H and O–H groups in total. The number of hydrogen-bond donors (Lipinski definition) is 1. The van der Waals surface area contributed by atoms with E-state index >= 15 is 0 Å². The van der Waals surface area contributed by atoms with Crippen molar-refractivity contribution in [3.8, 4) is 5.75 Å². The molecule has 0 saturated heterocycles. The maximum absolute atomic E-state index is 13.3. The van der Waals surface area contributed by atoms with E-state index in [9.17, 15) is 4.39 Å². The predicted molar refractivity (Wildman–Crippen MR) is 54.1 cm³/mol. The van der Waals surface area contributed by atoms with Gasteiger partial charge in [-0.1, -0.05) is 19.9 Å². The molecule has 1 aliphatic heterocycles. The number of anilines is 1. The second-order valence-corrected chi connectivity index (χ2v) is 3.90. The van der Waals surface area contributed by atoms with Crippen LogP contribution in [0.25, 0.3) is 0 Å². The van der Waals surface area contributed by atoms with Crippen molar-refractivity contribution >= 4 is 5.69 Å². The molecule has 0 radical (unpaired) electrons. The lowest BCUT2D eigenvalue weighted by Crippen LogP contribution is -2.35. The highest BCUT2D eigenvalue weighted by atomic mass is 19.1. The molecule has 1 aromatic rings. The fourth-order valence-electron chi connectivity index (χ4n) is 1.54. The van der Waals surface area contributed by atoms with Crippen LogP contribution in [0.3, 0.4) is 0 Å². The van der Waals surface area contributed by atoms with E-state index in [0.29, 0.717) is 11.7 Å². The number of hydrogen-bond acceptors (Lipinski definition) is 2. The lowest BCUT2D eigenvalue weighted by Gasteiger charge is -2.29. The van der Waals surface area contributed by atoms with Crippen LogP contribution in [-0.2, 0) is 0 Å². The number of nitrogens with one attached hydrogen (secondary N) is 1. The van der Waals surface area contributed by atoms with E-state index in [0.717, 1.165) is 12.2 Å². The third-order valence-electron chi connectivity index (χ3n) is 2.47. The first-order chi connectivity index (χ1) is 6.68. The van der Waals surface area contributed by atoms with E-state index in [-0.39, 0.29) is 11.9 Å². The van der Waals surface area contributed by atoms with Gasteiger partial charge in [0.1, 0.15) is 6.10 Å². The minimum Gasteiger partial charge on any atom is -0.483 e. The second-order valence-electron chi connectivity index (χ2n) is 3.90. The largest absolute Gasteiger partial charge is 0.483 e. The number of ether oxygens (including phenoxy) is 1. The van der Waals surface area contributed by atoms with E-state index in [2.05, 4.69) is 19.2 Å². The smallest absolute Gasteiger partial charge is 0.178 e. The highest BCUT2D eigenvalue weighted by Gasteiger charge is 2.23. The fraction of sp³-hybridized carbons (Fsp3) is 0.455. The average molecular weight is 195 g/mol. The van der Waals surface area contributed by atoms with E-state index in [1.165, 1.54) is 6.07 Å². The first kappa shape index (κ1) is 9.31. The number of para-hydroxylation sites is 1. The van der Waals surface area contributed by atoms with Gasteiger partial charge in [-0.05, 0) is 18.1 Å². The Labute approximate surface area is 83.1 Å². The number of halogens is 1. The predicted octanol–water partition coefficient (Wildman–Crippen LogP) is 2.65. The Hall–Kier alpha value is -1.25. The Morgan fingerprint density at radius 2 is 2.29 bits per heavy atom. The summed E-state index contributed by atoms with van der Waals surface area (Å²) >= 11 is 0. The third kappa shape index (κ3) is 1.54. The van der Waals surface area contributed by atoms with Crippen LogP contribution in [0.2, 0.25) is 0 Å². The van der Waals surface area contributed by atoms with Crippen LogP contribution in [0.4, 0.5) is 10.1 Å². The van der Waals surface area contributed by atoms with Gasteiger partial charge in [-0.3, -0.25) is 0 Å². The van der Waals surface area contributed by atoms with Gasteiger partial charge in [0.05, 0.1) is 12.2 Å². The summed E-state index contributed by atoms with van der Waals surface area (Å²) in [4.78, 5) is 0. The van der Waals surface area contributed by atoms with Crippen molar-refractivity contribution in [3.63, 3.8) is 0 Å². The lowest BCUT2D eigenvalue weighted by molar-refractivity contribution is 0.149. The van der Waals surface area contributed by atoms with Gasteiger partial charge in [-0.25, -0.2) is 4.39 Å². The summed E-state index contributed by atoms with van der Waals surface area (Å²) in [5, 5.41) is 3.17. The molecule has 0 aromatic heterocycles. The SMILES string of the molecule is CC(C)C1CNc2cccc(F)c2O1. The highest BCUT2D eigenvalue weighted by Crippen LogP contribution is 2.32. The summed E-state index contributed by atoms with van der Waals surface area (Å²) in [5.41, 5.74) is 0.752. The molecule has 2 nitrogen and oxygen atoms in total. The van der Waals surface area contributed by atoms with E-state index in [1.54, 1.807) is 6.07 Å². The number of rotatable bonds is 1. The quantitative estimate of drug-likeness (QED) is 0.743. The molecule has 0 aliphatic carbocycles. The van der Waals surface area contributed by atoms with Gasteiger partial charge in [0.25, 0.3) is 0 Å². The summed E-state index contributed by atoms with van der Waals surface area (Å²) in [6.45, 7) is 4.88. The standard InChI is InChI=1S/C11H14FNO/c1-7(2)10-6-13-9-5-3-4-8(12)11(9)14-10/h3-5,7,10,13H,6H2,1-2H3. The second kappa shape index (κ2) is 3.48. The summed E-state index contributed by atoms with van der Waals surface area (Å²) in [7, 11) is 0. The molecule has 1 aliphatic rings. The summed E-state index contributed by atoms with van der Waals surface area (Å²) in [5.74, 6) is 0.452. The molecule has 2 rings (SSSR count). The van der Waals surface area contributed by atoms with Crippen LogP contribution < -0.4 is 10.1 Å². The van der Waals surface area contributed by atoms with Gasteiger partial charge in [-0.2, -0.15) is 0 Å². The van der Waals surface area contributed by atoms with Crippen molar-refractivity contribution < 1.29 is 9.13 Å². The molecule has 0 saturated carbocycles. The van der Waals surface area contributed by atoms with Crippen LogP contribution in [-0.4, -0.2) is 12.6 Å². The van der Waals surface area contributed by atoms with Crippen molar-refractivity contribution in [1.29, 1.82) is 0 Å². The van der Waals surface area contributed by atoms with Crippen molar-refractivity contribution in [2.24, 2.45) is 5.92 Å². The van der Waals surface area contributed by atoms with Crippen LogP contribution in [0.1, 0.15) is 13.8 Å². The van der Waals surface area contributed by atoms with Crippen molar-refractivity contribution in [1.82, 2.24) is 0 Å². The Bertz CT molecular complexity index is 338. The van der Waals surface area contributed by atoms with Gasteiger partial charge in [-0.15, -0.1) is 0 Å². The van der Waals surface area contributed by atoms with Crippen molar-refractivity contribution in [2.45, 2.75) is 20.0 Å². The topological polar surface area (TPSA) is 21.3 Å². The summed E-state index contributed by atoms with van der Waals surface area (Å²) < 4.78 is 18.9. The molecule has 1 aromatic carbocycles. The maximum Gasteiger partial charge on any atom is 0.178 e. The van der Waals surface area contributed by atoms with Gasteiger partial charge in [0, 0.05) is 0 Å². The molecule has 0 spiro atoms. The molecular formula is C11H14FNO. The average Bonchev–Trinajstić information content (AvgIpc) is 2.18.